The highest BCUT2D eigenvalue weighted by Gasteiger charge is 2.19. The molecular formula is C10H21NO6Si. The van der Waals surface area contributed by atoms with E-state index in [0.29, 0.717) is 6.54 Å². The van der Waals surface area contributed by atoms with Crippen molar-refractivity contribution >= 4 is 21.5 Å². The van der Waals surface area contributed by atoms with Gasteiger partial charge in [0, 0.05) is 14.2 Å². The first-order valence-corrected chi connectivity index (χ1v) is 7.56. The lowest BCUT2D eigenvalue weighted by molar-refractivity contribution is -0.145. The van der Waals surface area contributed by atoms with Gasteiger partial charge in [-0.15, -0.1) is 0 Å². The van der Waals surface area contributed by atoms with Crippen LogP contribution in [0.4, 0.5) is 0 Å². The van der Waals surface area contributed by atoms with Crippen LogP contribution in [0.1, 0.15) is 12.8 Å². The van der Waals surface area contributed by atoms with Crippen LogP contribution in [0.15, 0.2) is 0 Å². The van der Waals surface area contributed by atoms with Crippen molar-refractivity contribution in [1.29, 1.82) is 0 Å². The standard InChI is InChI=1S/C10H21NO6Si/c1-16-10(17-2)18-5-3-4-11-7(9(14)15)6-8(12)13/h7,10-11H,3-6,18H2,1-2H3,(H,12,13)(H,14,15). The van der Waals surface area contributed by atoms with Gasteiger partial charge in [0.05, 0.1) is 15.9 Å². The Morgan fingerprint density at radius 2 is 1.89 bits per heavy atom. The average Bonchev–Trinajstić information content (AvgIpc) is 2.31. The maximum atomic E-state index is 10.7. The molecule has 0 aliphatic carbocycles. The molecular weight excluding hydrogens is 258 g/mol. The Balaban J connectivity index is 3.73. The van der Waals surface area contributed by atoms with E-state index in [-0.39, 0.29) is 5.91 Å². The number of carboxylic acid groups (broad SMARTS) is 2. The average molecular weight is 279 g/mol. The Morgan fingerprint density at radius 1 is 1.28 bits per heavy atom. The van der Waals surface area contributed by atoms with E-state index in [1.54, 1.807) is 14.2 Å². The highest BCUT2D eigenvalue weighted by atomic mass is 28.2. The Labute approximate surface area is 108 Å². The molecule has 1 unspecified atom stereocenters. The number of carboxylic acids is 2. The number of hydrogen-bond donors (Lipinski definition) is 3. The molecule has 0 saturated carbocycles. The first kappa shape index (κ1) is 17.0. The van der Waals surface area contributed by atoms with Gasteiger partial charge in [-0.05, 0) is 13.0 Å². The Kier molecular flexibility index (Phi) is 9.47. The Hall–Kier alpha value is -0.963. The fraction of sp³-hybridized carbons (Fsp3) is 0.800. The second-order valence-corrected chi connectivity index (χ2v) is 5.79. The fourth-order valence-electron chi connectivity index (χ4n) is 1.47. The van der Waals surface area contributed by atoms with E-state index in [9.17, 15) is 9.59 Å². The lowest BCUT2D eigenvalue weighted by Crippen LogP contribution is -2.39. The molecule has 0 aliphatic heterocycles. The summed E-state index contributed by atoms with van der Waals surface area (Å²) in [5, 5.41) is 20.0. The molecule has 0 bridgehead atoms. The number of ether oxygens (including phenoxy) is 2. The summed E-state index contributed by atoms with van der Waals surface area (Å²) in [5.74, 6) is -2.37. The minimum atomic E-state index is -1.14. The SMILES string of the molecule is COC(OC)[SiH2]CCCNC(CC(=O)O)C(=O)O. The highest BCUT2D eigenvalue weighted by molar-refractivity contribution is 6.36. The van der Waals surface area contributed by atoms with Crippen LogP contribution < -0.4 is 5.32 Å². The van der Waals surface area contributed by atoms with Gasteiger partial charge in [-0.3, -0.25) is 9.59 Å². The third kappa shape index (κ3) is 8.18. The van der Waals surface area contributed by atoms with Crippen LogP contribution in [-0.4, -0.2) is 64.4 Å². The zero-order valence-electron chi connectivity index (χ0n) is 10.7. The molecule has 0 rings (SSSR count). The van der Waals surface area contributed by atoms with E-state index >= 15 is 0 Å². The summed E-state index contributed by atoms with van der Waals surface area (Å²) in [6.07, 6.45) is 0.379. The van der Waals surface area contributed by atoms with Crippen LogP contribution >= 0.6 is 0 Å². The van der Waals surface area contributed by atoms with Crippen LogP contribution in [0.3, 0.4) is 0 Å². The summed E-state index contributed by atoms with van der Waals surface area (Å²) in [6, 6.07) is -0.0801. The first-order valence-electron chi connectivity index (χ1n) is 5.74. The van der Waals surface area contributed by atoms with Crippen molar-refractivity contribution < 1.29 is 29.3 Å². The highest BCUT2D eigenvalue weighted by Crippen LogP contribution is 1.97. The van der Waals surface area contributed by atoms with E-state index in [4.69, 9.17) is 19.7 Å². The van der Waals surface area contributed by atoms with Gasteiger partial charge in [-0.25, -0.2) is 0 Å². The van der Waals surface area contributed by atoms with Crippen LogP contribution in [0.2, 0.25) is 6.04 Å². The minimum Gasteiger partial charge on any atom is -0.481 e. The van der Waals surface area contributed by atoms with Crippen molar-refractivity contribution in [3.8, 4) is 0 Å². The molecule has 8 heteroatoms. The van der Waals surface area contributed by atoms with Gasteiger partial charge in [-0.1, -0.05) is 6.04 Å². The van der Waals surface area contributed by atoms with E-state index < -0.39 is 33.9 Å². The lowest BCUT2D eigenvalue weighted by atomic mass is 10.2. The van der Waals surface area contributed by atoms with Gasteiger partial charge in [0.15, 0.2) is 0 Å². The van der Waals surface area contributed by atoms with Crippen LogP contribution in [-0.2, 0) is 19.1 Å². The van der Waals surface area contributed by atoms with Crippen molar-refractivity contribution in [2.24, 2.45) is 0 Å². The number of hydrogen-bond acceptors (Lipinski definition) is 5. The molecule has 0 fully saturated rings. The molecule has 1 atom stereocenters. The lowest BCUT2D eigenvalue weighted by Gasteiger charge is -2.14. The second kappa shape index (κ2) is 10.0. The van der Waals surface area contributed by atoms with Crippen molar-refractivity contribution in [2.45, 2.75) is 30.8 Å². The van der Waals surface area contributed by atoms with Crippen LogP contribution in [0, 0.1) is 0 Å². The summed E-state index contributed by atoms with van der Waals surface area (Å²) in [5.41, 5.74) is 0. The maximum Gasteiger partial charge on any atom is 0.321 e. The number of carbonyl (C=O) groups is 2. The zero-order valence-corrected chi connectivity index (χ0v) is 12.1. The predicted molar refractivity (Wildman–Crippen MR) is 67.5 cm³/mol. The van der Waals surface area contributed by atoms with E-state index in [1.807, 2.05) is 0 Å². The van der Waals surface area contributed by atoms with Crippen molar-refractivity contribution in [1.82, 2.24) is 5.32 Å². The third-order valence-corrected chi connectivity index (χ3v) is 4.51. The van der Waals surface area contributed by atoms with Gasteiger partial charge >= 0.3 is 11.9 Å². The van der Waals surface area contributed by atoms with Crippen molar-refractivity contribution in [2.75, 3.05) is 20.8 Å². The van der Waals surface area contributed by atoms with Gasteiger partial charge in [-0.2, -0.15) is 0 Å². The first-order chi connectivity index (χ1) is 8.51. The van der Waals surface area contributed by atoms with E-state index in [0.717, 1.165) is 12.5 Å². The maximum absolute atomic E-state index is 10.7. The van der Waals surface area contributed by atoms with Crippen molar-refractivity contribution in [3.63, 3.8) is 0 Å². The fourth-order valence-corrected chi connectivity index (χ4v) is 2.81. The summed E-state index contributed by atoms with van der Waals surface area (Å²) < 4.78 is 10.1. The topological polar surface area (TPSA) is 105 Å². The van der Waals surface area contributed by atoms with Gasteiger partial charge in [0.25, 0.3) is 0 Å². The minimum absolute atomic E-state index is 0.112. The quantitative estimate of drug-likeness (QED) is 0.254. The normalized spacial score (nSPS) is 13.3. The van der Waals surface area contributed by atoms with E-state index in [1.165, 1.54) is 0 Å². The number of methoxy groups -OCH3 is 2. The number of nitrogens with one attached hydrogen (secondary N) is 1. The Bertz CT molecular complexity index is 259. The summed E-state index contributed by atoms with van der Waals surface area (Å²) in [6.45, 7) is 0.484. The van der Waals surface area contributed by atoms with Crippen molar-refractivity contribution in [3.05, 3.63) is 0 Å². The molecule has 18 heavy (non-hydrogen) atoms. The number of aliphatic carboxylic acids is 2. The largest absolute Gasteiger partial charge is 0.481 e. The summed E-state index contributed by atoms with van der Waals surface area (Å²) in [4.78, 5) is 21.2. The molecule has 106 valence electrons. The molecule has 7 nitrogen and oxygen atoms in total. The third-order valence-electron chi connectivity index (χ3n) is 2.46. The smallest absolute Gasteiger partial charge is 0.321 e. The molecule has 3 N–H and O–H groups in total. The molecule has 0 aromatic carbocycles. The van der Waals surface area contributed by atoms with Crippen LogP contribution in [0.25, 0.3) is 0 Å². The van der Waals surface area contributed by atoms with Gasteiger partial charge < -0.3 is 25.0 Å². The zero-order chi connectivity index (χ0) is 14.0. The monoisotopic (exact) mass is 279 g/mol. The molecule has 0 aromatic heterocycles. The molecule has 0 radical (unpaired) electrons. The molecule has 0 aliphatic rings. The molecule has 0 saturated heterocycles. The summed E-state index contributed by atoms with van der Waals surface area (Å²) in [7, 11) is 2.67. The van der Waals surface area contributed by atoms with Gasteiger partial charge in [0.1, 0.15) is 12.0 Å². The second-order valence-electron chi connectivity index (χ2n) is 3.84. The molecule has 0 heterocycles. The molecule has 0 aromatic rings. The summed E-state index contributed by atoms with van der Waals surface area (Å²) >= 11 is 0. The van der Waals surface area contributed by atoms with E-state index in [2.05, 4.69) is 5.32 Å². The molecule has 0 spiro atoms. The Morgan fingerprint density at radius 3 is 2.33 bits per heavy atom. The van der Waals surface area contributed by atoms with Crippen LogP contribution in [0.5, 0.6) is 0 Å². The predicted octanol–water partition coefficient (Wildman–Crippen LogP) is -0.942. The molecule has 0 amide bonds. The number of rotatable bonds is 11. The van der Waals surface area contributed by atoms with Gasteiger partial charge in [0.2, 0.25) is 0 Å².